The number of aromatic nitrogens is 3. The Morgan fingerprint density at radius 1 is 1.16 bits per heavy atom. The number of hydrogen-bond acceptors (Lipinski definition) is 7. The number of fused-ring (bicyclic) bond motifs is 1. The van der Waals surface area contributed by atoms with Crippen molar-refractivity contribution in [2.24, 2.45) is 0 Å². The molecule has 0 saturated carbocycles. The van der Waals surface area contributed by atoms with Crippen LogP contribution in [0.25, 0.3) is 0 Å². The summed E-state index contributed by atoms with van der Waals surface area (Å²) in [6.45, 7) is 1.20. The zero-order valence-corrected chi connectivity index (χ0v) is 16.8. The smallest absolute Gasteiger partial charge is 0.489 e. The van der Waals surface area contributed by atoms with Crippen molar-refractivity contribution < 1.29 is 37.3 Å². The van der Waals surface area contributed by atoms with Crippen molar-refractivity contribution in [2.75, 3.05) is 13.2 Å². The summed E-state index contributed by atoms with van der Waals surface area (Å²) in [5, 5.41) is 7.12. The maximum Gasteiger partial charge on any atom is 0.490 e. The molecule has 2 aliphatic rings. The number of nitrogens with zero attached hydrogens (tertiary/aromatic N) is 4. The van der Waals surface area contributed by atoms with Crippen molar-refractivity contribution >= 4 is 11.9 Å². The molecule has 2 saturated heterocycles. The first-order chi connectivity index (χ1) is 15.3. The number of rotatable bonds is 4. The molecular formula is C20H21F3N4O5. The Labute approximate surface area is 181 Å². The lowest BCUT2D eigenvalue weighted by Gasteiger charge is -2.35. The molecule has 2 aromatic heterocycles. The standard InChI is InChI=1S/C18H20N4O3.C2HF3O2/c23-18(15-11-20-7-8-21-15)22-9-5-17-16(22)4-3-14(25-17)12-24-13-2-1-6-19-10-13;3-2(4,5)1(6)7/h1-2,6-8,10-11,14,16-17H,3-5,9,12H2;(H,6,7)/t14-,16-,17-;/m0./s1. The molecule has 4 rings (SSSR count). The summed E-state index contributed by atoms with van der Waals surface area (Å²) in [5.41, 5.74) is 0.394. The van der Waals surface area contributed by atoms with E-state index >= 15 is 0 Å². The quantitative estimate of drug-likeness (QED) is 0.749. The molecule has 0 aromatic carbocycles. The van der Waals surface area contributed by atoms with E-state index < -0.39 is 12.1 Å². The molecule has 0 radical (unpaired) electrons. The van der Waals surface area contributed by atoms with Gasteiger partial charge >= 0.3 is 12.1 Å². The monoisotopic (exact) mass is 454 g/mol. The third kappa shape index (κ3) is 6.13. The van der Waals surface area contributed by atoms with E-state index in [1.54, 1.807) is 24.8 Å². The minimum absolute atomic E-state index is 0.0491. The van der Waals surface area contributed by atoms with Crippen LogP contribution in [0, 0.1) is 0 Å². The highest BCUT2D eigenvalue weighted by molar-refractivity contribution is 5.92. The molecule has 3 atom stereocenters. The third-order valence-electron chi connectivity index (χ3n) is 4.99. The minimum Gasteiger partial charge on any atom is -0.489 e. The van der Waals surface area contributed by atoms with Crippen molar-refractivity contribution in [1.29, 1.82) is 0 Å². The van der Waals surface area contributed by atoms with Crippen LogP contribution in [0.15, 0.2) is 43.1 Å². The topological polar surface area (TPSA) is 115 Å². The van der Waals surface area contributed by atoms with Crippen molar-refractivity contribution in [2.45, 2.75) is 43.7 Å². The number of carbonyl (C=O) groups is 2. The van der Waals surface area contributed by atoms with E-state index in [-0.39, 0.29) is 24.2 Å². The molecule has 0 bridgehead atoms. The van der Waals surface area contributed by atoms with Gasteiger partial charge in [0.15, 0.2) is 0 Å². The van der Waals surface area contributed by atoms with E-state index in [1.807, 2.05) is 17.0 Å². The van der Waals surface area contributed by atoms with Gasteiger partial charge in [0.05, 0.1) is 30.6 Å². The molecule has 172 valence electrons. The molecule has 1 amide bonds. The van der Waals surface area contributed by atoms with Crippen molar-refractivity contribution in [1.82, 2.24) is 19.9 Å². The molecule has 12 heteroatoms. The van der Waals surface area contributed by atoms with E-state index in [1.165, 1.54) is 6.20 Å². The lowest BCUT2D eigenvalue weighted by atomic mass is 9.99. The molecule has 1 N–H and O–H groups in total. The highest BCUT2D eigenvalue weighted by Crippen LogP contribution is 2.32. The van der Waals surface area contributed by atoms with Crippen molar-refractivity contribution in [3.63, 3.8) is 0 Å². The molecule has 9 nitrogen and oxygen atoms in total. The number of pyridine rings is 1. The Balaban J connectivity index is 0.000000360. The lowest BCUT2D eigenvalue weighted by Crippen LogP contribution is -2.46. The summed E-state index contributed by atoms with van der Waals surface area (Å²) in [5.74, 6) is -2.07. The number of likely N-dealkylation sites (tertiary alicyclic amines) is 1. The van der Waals surface area contributed by atoms with E-state index in [9.17, 15) is 18.0 Å². The Morgan fingerprint density at radius 2 is 1.91 bits per heavy atom. The summed E-state index contributed by atoms with van der Waals surface area (Å²) in [6.07, 6.45) is 5.71. The largest absolute Gasteiger partial charge is 0.490 e. The van der Waals surface area contributed by atoms with Crippen LogP contribution < -0.4 is 4.74 Å². The first kappa shape index (κ1) is 23.4. The van der Waals surface area contributed by atoms with Gasteiger partial charge in [-0.2, -0.15) is 13.2 Å². The van der Waals surface area contributed by atoms with Crippen LogP contribution in [0.3, 0.4) is 0 Å². The fraction of sp³-hybridized carbons (Fsp3) is 0.450. The summed E-state index contributed by atoms with van der Waals surface area (Å²) in [7, 11) is 0. The molecule has 0 aliphatic carbocycles. The molecule has 4 heterocycles. The molecule has 32 heavy (non-hydrogen) atoms. The fourth-order valence-electron chi connectivity index (χ4n) is 3.55. The number of carboxylic acid groups (broad SMARTS) is 1. The third-order valence-corrected chi connectivity index (χ3v) is 4.99. The number of carboxylic acids is 1. The van der Waals surface area contributed by atoms with Gasteiger partial charge in [-0.25, -0.2) is 9.78 Å². The lowest BCUT2D eigenvalue weighted by molar-refractivity contribution is -0.192. The van der Waals surface area contributed by atoms with Gasteiger partial charge < -0.3 is 19.5 Å². The molecule has 0 unspecified atom stereocenters. The van der Waals surface area contributed by atoms with Crippen LogP contribution in [0.4, 0.5) is 13.2 Å². The fourth-order valence-corrected chi connectivity index (χ4v) is 3.55. The summed E-state index contributed by atoms with van der Waals surface area (Å²) in [4.78, 5) is 35.5. The van der Waals surface area contributed by atoms with E-state index in [0.29, 0.717) is 18.8 Å². The maximum absolute atomic E-state index is 12.6. The number of carbonyl (C=O) groups excluding carboxylic acids is 1. The Kier molecular flexibility index (Phi) is 7.57. The van der Waals surface area contributed by atoms with E-state index in [4.69, 9.17) is 19.4 Å². The second-order valence-electron chi connectivity index (χ2n) is 7.12. The second kappa shape index (κ2) is 10.4. The SMILES string of the molecule is O=C(O)C(F)(F)F.O=C(c1cnccn1)N1CC[C@@H]2O[C@H](COc3cccnc3)CC[C@@H]21. The number of halogens is 3. The molecular weight excluding hydrogens is 433 g/mol. The van der Waals surface area contributed by atoms with Gasteiger partial charge in [-0.1, -0.05) is 0 Å². The van der Waals surface area contributed by atoms with Crippen LogP contribution in [-0.4, -0.2) is 74.4 Å². The normalized spacial score (nSPS) is 22.3. The highest BCUT2D eigenvalue weighted by Gasteiger charge is 2.42. The zero-order chi connectivity index (χ0) is 23.1. The minimum atomic E-state index is -5.08. The summed E-state index contributed by atoms with van der Waals surface area (Å²) < 4.78 is 43.7. The molecule has 0 spiro atoms. The number of alkyl halides is 3. The van der Waals surface area contributed by atoms with Crippen LogP contribution in [0.2, 0.25) is 0 Å². The van der Waals surface area contributed by atoms with Gasteiger partial charge in [-0.05, 0) is 31.4 Å². The zero-order valence-electron chi connectivity index (χ0n) is 16.8. The van der Waals surface area contributed by atoms with Crippen LogP contribution in [0.1, 0.15) is 29.8 Å². The first-order valence-corrected chi connectivity index (χ1v) is 9.81. The average molecular weight is 454 g/mol. The van der Waals surface area contributed by atoms with Crippen molar-refractivity contribution in [3.05, 3.63) is 48.8 Å². The van der Waals surface area contributed by atoms with Gasteiger partial charge in [-0.15, -0.1) is 0 Å². The van der Waals surface area contributed by atoms with E-state index in [2.05, 4.69) is 15.0 Å². The van der Waals surface area contributed by atoms with Crippen LogP contribution in [0.5, 0.6) is 5.75 Å². The van der Waals surface area contributed by atoms with Gasteiger partial charge in [-0.3, -0.25) is 14.8 Å². The number of aliphatic carboxylic acids is 1. The molecule has 2 aliphatic heterocycles. The second-order valence-corrected chi connectivity index (χ2v) is 7.12. The van der Waals surface area contributed by atoms with Crippen LogP contribution in [-0.2, 0) is 9.53 Å². The Morgan fingerprint density at radius 3 is 2.53 bits per heavy atom. The van der Waals surface area contributed by atoms with Crippen LogP contribution >= 0.6 is 0 Å². The van der Waals surface area contributed by atoms with Gasteiger partial charge in [0.2, 0.25) is 0 Å². The van der Waals surface area contributed by atoms with Gasteiger partial charge in [0.1, 0.15) is 18.1 Å². The van der Waals surface area contributed by atoms with Crippen molar-refractivity contribution in [3.8, 4) is 5.75 Å². The number of hydrogen-bond donors (Lipinski definition) is 1. The first-order valence-electron chi connectivity index (χ1n) is 9.81. The van der Waals surface area contributed by atoms with Gasteiger partial charge in [0, 0.05) is 25.1 Å². The number of ether oxygens (including phenoxy) is 2. The molecule has 2 aromatic rings. The maximum atomic E-state index is 12.6. The summed E-state index contributed by atoms with van der Waals surface area (Å²) >= 11 is 0. The summed E-state index contributed by atoms with van der Waals surface area (Å²) in [6, 6.07) is 3.85. The Hall–Kier alpha value is -3.28. The average Bonchev–Trinajstić information content (AvgIpc) is 3.21. The highest BCUT2D eigenvalue weighted by atomic mass is 19.4. The predicted octanol–water partition coefficient (Wildman–Crippen LogP) is 2.35. The Bertz CT molecular complexity index is 901. The number of amides is 1. The van der Waals surface area contributed by atoms with Gasteiger partial charge in [0.25, 0.3) is 5.91 Å². The molecule has 2 fully saturated rings. The van der Waals surface area contributed by atoms with E-state index in [0.717, 1.165) is 25.0 Å². The predicted molar refractivity (Wildman–Crippen MR) is 103 cm³/mol.